The number of methoxy groups -OCH3 is 3. The van der Waals surface area contributed by atoms with E-state index >= 15 is 0 Å². The molecule has 0 radical (unpaired) electrons. The molecule has 0 amide bonds. The molecule has 30 heavy (non-hydrogen) atoms. The fourth-order valence-electron chi connectivity index (χ4n) is 3.81. The summed E-state index contributed by atoms with van der Waals surface area (Å²) >= 11 is 0. The maximum Gasteiger partial charge on any atom is 0.194 e. The molecule has 1 N–H and O–H groups in total. The third-order valence-electron chi connectivity index (χ3n) is 5.39. The maximum absolute atomic E-state index is 5.52. The first kappa shape index (κ1) is 24.0. The van der Waals surface area contributed by atoms with Gasteiger partial charge in [-0.1, -0.05) is 0 Å². The Morgan fingerprint density at radius 2 is 1.77 bits per heavy atom. The lowest BCUT2D eigenvalue weighted by atomic mass is 9.99. The number of nitrogens with zero attached hydrogens (tertiary/aromatic N) is 3. The van der Waals surface area contributed by atoms with E-state index in [4.69, 9.17) is 14.2 Å². The fourth-order valence-corrected chi connectivity index (χ4v) is 3.81. The molecule has 164 valence electrons. The summed E-state index contributed by atoms with van der Waals surface area (Å²) in [5.74, 6) is 3.27. The predicted molar refractivity (Wildman–Crippen MR) is 130 cm³/mol. The zero-order chi connectivity index (χ0) is 21.0. The normalized spacial score (nSPS) is 13.3. The van der Waals surface area contributed by atoms with E-state index < -0.39 is 0 Å². The van der Waals surface area contributed by atoms with E-state index in [9.17, 15) is 0 Å². The van der Waals surface area contributed by atoms with Crippen molar-refractivity contribution in [1.29, 1.82) is 0 Å². The topological polar surface area (TPSA) is 68.2 Å². The Morgan fingerprint density at radius 1 is 1.10 bits per heavy atom. The van der Waals surface area contributed by atoms with Crippen molar-refractivity contribution in [3.05, 3.63) is 46.3 Å². The van der Waals surface area contributed by atoms with Gasteiger partial charge in [0.1, 0.15) is 5.75 Å². The second kappa shape index (κ2) is 10.7. The van der Waals surface area contributed by atoms with Gasteiger partial charge in [0, 0.05) is 37.5 Å². The minimum absolute atomic E-state index is 0. The minimum Gasteiger partial charge on any atom is -0.496 e. The number of halogens is 1. The van der Waals surface area contributed by atoms with Crippen LogP contribution in [0.5, 0.6) is 17.2 Å². The first-order valence-corrected chi connectivity index (χ1v) is 9.70. The summed E-state index contributed by atoms with van der Waals surface area (Å²) in [7, 11) is 6.83. The molecule has 0 saturated carbocycles. The van der Waals surface area contributed by atoms with E-state index in [1.165, 1.54) is 11.1 Å². The molecule has 1 aliphatic rings. The summed E-state index contributed by atoms with van der Waals surface area (Å²) in [4.78, 5) is 11.3. The van der Waals surface area contributed by atoms with E-state index in [1.807, 2.05) is 27.1 Å². The molecular formula is C22H31IN4O3. The summed E-state index contributed by atoms with van der Waals surface area (Å²) < 4.78 is 16.4. The van der Waals surface area contributed by atoms with Gasteiger partial charge in [0.15, 0.2) is 17.5 Å². The molecule has 0 aliphatic carbocycles. The average molecular weight is 526 g/mol. The maximum atomic E-state index is 5.52. The molecule has 2 aromatic rings. The van der Waals surface area contributed by atoms with Crippen LogP contribution < -0.4 is 19.5 Å². The zero-order valence-corrected chi connectivity index (χ0v) is 20.9. The summed E-state index contributed by atoms with van der Waals surface area (Å²) in [5, 5.41) is 3.45. The highest BCUT2D eigenvalue weighted by atomic mass is 127. The van der Waals surface area contributed by atoms with Crippen molar-refractivity contribution in [2.75, 3.05) is 34.9 Å². The molecule has 8 heteroatoms. The number of ether oxygens (including phenoxy) is 3. The van der Waals surface area contributed by atoms with Crippen molar-refractivity contribution in [2.24, 2.45) is 4.99 Å². The first-order valence-electron chi connectivity index (χ1n) is 9.70. The molecular weight excluding hydrogens is 495 g/mol. The third kappa shape index (κ3) is 4.91. The lowest BCUT2D eigenvalue weighted by Crippen LogP contribution is -2.43. The Kier molecular flexibility index (Phi) is 8.57. The van der Waals surface area contributed by atoms with Crippen LogP contribution in [0.2, 0.25) is 0 Å². The Balaban J connectivity index is 0.00000320. The number of aromatic nitrogens is 1. The molecule has 3 rings (SSSR count). The van der Waals surface area contributed by atoms with E-state index in [-0.39, 0.29) is 24.0 Å². The van der Waals surface area contributed by atoms with Gasteiger partial charge in [-0.2, -0.15) is 0 Å². The molecule has 0 fully saturated rings. The van der Waals surface area contributed by atoms with E-state index in [2.05, 4.69) is 32.3 Å². The van der Waals surface area contributed by atoms with Gasteiger partial charge >= 0.3 is 0 Å². The van der Waals surface area contributed by atoms with Crippen LogP contribution in [-0.2, 0) is 19.5 Å². The van der Waals surface area contributed by atoms with E-state index in [0.717, 1.165) is 59.5 Å². The van der Waals surface area contributed by atoms with Crippen LogP contribution in [0.1, 0.15) is 27.9 Å². The van der Waals surface area contributed by atoms with Crippen molar-refractivity contribution in [3.8, 4) is 17.2 Å². The highest BCUT2D eigenvalue weighted by molar-refractivity contribution is 14.0. The number of pyridine rings is 1. The molecule has 2 heterocycles. The third-order valence-corrected chi connectivity index (χ3v) is 5.39. The molecule has 0 spiro atoms. The highest BCUT2D eigenvalue weighted by Gasteiger charge is 2.22. The van der Waals surface area contributed by atoms with E-state index in [1.54, 1.807) is 21.3 Å². The number of guanidine groups is 1. The van der Waals surface area contributed by atoms with E-state index in [0.29, 0.717) is 6.54 Å². The Morgan fingerprint density at radius 3 is 2.37 bits per heavy atom. The quantitative estimate of drug-likeness (QED) is 0.366. The van der Waals surface area contributed by atoms with Crippen LogP contribution in [0.4, 0.5) is 0 Å². The highest BCUT2D eigenvalue weighted by Crippen LogP contribution is 2.33. The number of hydrogen-bond acceptors (Lipinski definition) is 5. The van der Waals surface area contributed by atoms with Gasteiger partial charge < -0.3 is 24.4 Å². The van der Waals surface area contributed by atoms with Gasteiger partial charge in [0.05, 0.1) is 33.6 Å². The summed E-state index contributed by atoms with van der Waals surface area (Å²) in [5.41, 5.74) is 5.56. The second-order valence-electron chi connectivity index (χ2n) is 7.09. The number of aliphatic imine (C=N–C) groups is 1. The molecule has 0 atom stereocenters. The number of fused-ring (bicyclic) bond motifs is 1. The molecule has 0 bridgehead atoms. The molecule has 1 aromatic heterocycles. The lowest BCUT2D eigenvalue weighted by molar-refractivity contribution is 0.346. The van der Waals surface area contributed by atoms with Crippen LogP contribution in [0.3, 0.4) is 0 Å². The standard InChI is InChI=1S/C22H30N4O3.HI/c1-14-11-24-18(15(2)21(14)29-6)12-25-22(23-3)26-8-7-16-9-19(27-4)20(28-5)10-17(16)13-26;/h9-11H,7-8,12-13H2,1-6H3,(H,23,25);1H. The molecule has 7 nitrogen and oxygen atoms in total. The van der Waals surface area contributed by atoms with Crippen LogP contribution >= 0.6 is 24.0 Å². The Hall–Kier alpha value is -2.23. The number of hydrogen-bond donors (Lipinski definition) is 1. The van der Waals surface area contributed by atoms with Gasteiger partial charge in [-0.05, 0) is 43.5 Å². The first-order chi connectivity index (χ1) is 14.0. The number of nitrogens with one attached hydrogen (secondary N) is 1. The molecule has 1 aliphatic heterocycles. The Bertz CT molecular complexity index is 918. The van der Waals surface area contributed by atoms with Gasteiger partial charge in [-0.3, -0.25) is 9.98 Å². The van der Waals surface area contributed by atoms with Crippen molar-refractivity contribution < 1.29 is 14.2 Å². The summed E-state index contributed by atoms with van der Waals surface area (Å²) in [6.07, 6.45) is 2.77. The fraction of sp³-hybridized carbons (Fsp3) is 0.455. The van der Waals surface area contributed by atoms with Crippen molar-refractivity contribution >= 4 is 29.9 Å². The minimum atomic E-state index is 0. The van der Waals surface area contributed by atoms with Gasteiger partial charge in [0.2, 0.25) is 0 Å². The van der Waals surface area contributed by atoms with Crippen LogP contribution in [0, 0.1) is 13.8 Å². The van der Waals surface area contributed by atoms with Crippen molar-refractivity contribution in [2.45, 2.75) is 33.4 Å². The smallest absolute Gasteiger partial charge is 0.194 e. The molecule has 1 aromatic carbocycles. The Labute approximate surface area is 195 Å². The largest absolute Gasteiger partial charge is 0.496 e. The lowest BCUT2D eigenvalue weighted by Gasteiger charge is -2.32. The molecule has 0 unspecified atom stereocenters. The predicted octanol–water partition coefficient (Wildman–Crippen LogP) is 3.48. The summed E-state index contributed by atoms with van der Waals surface area (Å²) in [6, 6.07) is 4.14. The summed E-state index contributed by atoms with van der Waals surface area (Å²) in [6.45, 7) is 6.27. The number of benzene rings is 1. The van der Waals surface area contributed by atoms with Gasteiger partial charge in [0.25, 0.3) is 0 Å². The second-order valence-corrected chi connectivity index (χ2v) is 7.09. The monoisotopic (exact) mass is 526 g/mol. The average Bonchev–Trinajstić information content (AvgIpc) is 2.74. The zero-order valence-electron chi connectivity index (χ0n) is 18.5. The van der Waals surface area contributed by atoms with Gasteiger partial charge in [-0.25, -0.2) is 0 Å². The molecule has 0 saturated heterocycles. The van der Waals surface area contributed by atoms with Crippen LogP contribution in [0.25, 0.3) is 0 Å². The van der Waals surface area contributed by atoms with Crippen LogP contribution in [0.15, 0.2) is 23.3 Å². The number of rotatable bonds is 5. The van der Waals surface area contributed by atoms with Crippen molar-refractivity contribution in [1.82, 2.24) is 15.2 Å². The number of aryl methyl sites for hydroxylation is 1. The SMILES string of the molecule is CN=C(NCc1ncc(C)c(OC)c1C)N1CCc2cc(OC)c(OC)cc2C1.I. The van der Waals surface area contributed by atoms with Gasteiger partial charge in [-0.15, -0.1) is 24.0 Å². The van der Waals surface area contributed by atoms with Crippen molar-refractivity contribution in [3.63, 3.8) is 0 Å². The van der Waals surface area contributed by atoms with Crippen LogP contribution in [-0.4, -0.2) is 50.8 Å².